The van der Waals surface area contributed by atoms with Gasteiger partial charge in [0.2, 0.25) is 5.95 Å². The third kappa shape index (κ3) is 5.57. The molecular weight excluding hydrogens is 496 g/mol. The Morgan fingerprint density at radius 2 is 1.72 bits per heavy atom. The Hall–Kier alpha value is -3.32. The standard InChI is InChI=1S/C22H23F6N5O3/c1-13(6-14-7-16(22(26,27)28)17(34)29-8-14)36-19(35)33-11-20(12-33)2-4-32(5-3-20)18-30-9-15(10-31-18)21(23,24)25/h7-10,13H,2-6,11-12H2,1H3,(H,29,34). The normalized spacial score (nSPS) is 18.6. The van der Waals surface area contributed by atoms with Gasteiger partial charge in [0.25, 0.3) is 5.56 Å². The van der Waals surface area contributed by atoms with Gasteiger partial charge in [-0.25, -0.2) is 14.8 Å². The number of H-pyrrole nitrogens is 1. The van der Waals surface area contributed by atoms with E-state index in [9.17, 15) is 35.9 Å². The van der Waals surface area contributed by atoms with Gasteiger partial charge in [0.05, 0.1) is 5.56 Å². The van der Waals surface area contributed by atoms with Crippen LogP contribution in [0.1, 0.15) is 36.5 Å². The minimum absolute atomic E-state index is 0.00727. The van der Waals surface area contributed by atoms with Gasteiger partial charge in [0, 0.05) is 56.6 Å². The van der Waals surface area contributed by atoms with Crippen LogP contribution in [-0.2, 0) is 23.5 Å². The van der Waals surface area contributed by atoms with E-state index in [-0.39, 0.29) is 23.3 Å². The van der Waals surface area contributed by atoms with Crippen molar-refractivity contribution in [3.05, 3.63) is 51.7 Å². The van der Waals surface area contributed by atoms with Crippen LogP contribution in [-0.4, -0.2) is 58.2 Å². The molecule has 2 aliphatic rings. The Bertz CT molecular complexity index is 1150. The molecule has 0 aromatic carbocycles. The summed E-state index contributed by atoms with van der Waals surface area (Å²) in [7, 11) is 0. The molecule has 196 valence electrons. The molecule has 0 aliphatic carbocycles. The number of aromatic amines is 1. The number of likely N-dealkylation sites (tertiary alicyclic amines) is 1. The van der Waals surface area contributed by atoms with Crippen LogP contribution in [0.2, 0.25) is 0 Å². The van der Waals surface area contributed by atoms with Gasteiger partial charge in [-0.2, -0.15) is 26.3 Å². The lowest BCUT2D eigenvalue weighted by molar-refractivity contribution is -0.139. The Morgan fingerprint density at radius 3 is 2.28 bits per heavy atom. The average molecular weight is 519 g/mol. The zero-order valence-corrected chi connectivity index (χ0v) is 19.1. The molecule has 14 heteroatoms. The number of rotatable bonds is 4. The van der Waals surface area contributed by atoms with Crippen LogP contribution in [0.4, 0.5) is 37.1 Å². The second kappa shape index (κ2) is 9.28. The van der Waals surface area contributed by atoms with Gasteiger partial charge < -0.3 is 19.5 Å². The summed E-state index contributed by atoms with van der Waals surface area (Å²) < 4.78 is 82.2. The first kappa shape index (κ1) is 25.8. The largest absolute Gasteiger partial charge is 0.446 e. The second-order valence-electron chi connectivity index (χ2n) is 9.26. The molecule has 0 saturated carbocycles. The number of piperidine rings is 1. The maximum Gasteiger partial charge on any atom is 0.421 e. The molecule has 2 saturated heterocycles. The molecule has 1 N–H and O–H groups in total. The third-order valence-corrected chi connectivity index (χ3v) is 6.48. The molecule has 1 amide bonds. The number of ether oxygens (including phenoxy) is 1. The summed E-state index contributed by atoms with van der Waals surface area (Å²) in [5.74, 6) is 0.221. The Morgan fingerprint density at radius 1 is 1.11 bits per heavy atom. The van der Waals surface area contributed by atoms with Gasteiger partial charge in [-0.05, 0) is 31.4 Å². The van der Waals surface area contributed by atoms with Gasteiger partial charge in [-0.3, -0.25) is 4.79 Å². The number of carbonyl (C=O) groups is 1. The smallest absolute Gasteiger partial charge is 0.421 e. The number of aromatic nitrogens is 3. The minimum atomic E-state index is -4.79. The van der Waals surface area contributed by atoms with Gasteiger partial charge in [-0.15, -0.1) is 0 Å². The summed E-state index contributed by atoms with van der Waals surface area (Å²) in [6.45, 7) is 3.49. The molecule has 2 fully saturated rings. The summed E-state index contributed by atoms with van der Waals surface area (Å²) >= 11 is 0. The first-order valence-corrected chi connectivity index (χ1v) is 11.1. The molecule has 4 rings (SSSR count). The van der Waals surface area contributed by atoms with Gasteiger partial charge in [0.15, 0.2) is 0 Å². The maximum absolute atomic E-state index is 12.9. The highest BCUT2D eigenvalue weighted by molar-refractivity contribution is 5.69. The van der Waals surface area contributed by atoms with Crippen LogP contribution >= 0.6 is 0 Å². The number of hydrogen-bond acceptors (Lipinski definition) is 6. The van der Waals surface area contributed by atoms with E-state index in [1.807, 2.05) is 0 Å². The number of anilines is 1. The molecule has 2 aromatic rings. The fourth-order valence-corrected chi connectivity index (χ4v) is 4.50. The predicted molar refractivity (Wildman–Crippen MR) is 114 cm³/mol. The van der Waals surface area contributed by atoms with Crippen molar-refractivity contribution in [3.63, 3.8) is 0 Å². The van der Waals surface area contributed by atoms with E-state index in [4.69, 9.17) is 4.74 Å². The number of amides is 1. The molecule has 2 aromatic heterocycles. The summed E-state index contributed by atoms with van der Waals surface area (Å²) in [5, 5.41) is 0. The number of pyridine rings is 1. The second-order valence-corrected chi connectivity index (χ2v) is 9.26. The lowest BCUT2D eigenvalue weighted by Crippen LogP contribution is -2.62. The third-order valence-electron chi connectivity index (χ3n) is 6.48. The number of carbonyl (C=O) groups excluding carboxylic acids is 1. The van der Waals surface area contributed by atoms with Crippen LogP contribution in [0, 0.1) is 5.41 Å². The minimum Gasteiger partial charge on any atom is -0.446 e. The summed E-state index contributed by atoms with van der Waals surface area (Å²) in [5.41, 5.74) is -3.41. The SMILES string of the molecule is CC(Cc1c[nH]c(=O)c(C(F)(F)F)c1)OC(=O)N1CC2(CCN(c3ncc(C(F)(F)F)cn3)CC2)C1. The average Bonchev–Trinajstić information content (AvgIpc) is 2.77. The van der Waals surface area contributed by atoms with E-state index in [0.29, 0.717) is 39.0 Å². The molecule has 1 atom stereocenters. The Balaban J connectivity index is 1.25. The number of halogens is 6. The summed E-state index contributed by atoms with van der Waals surface area (Å²) in [6.07, 6.45) is -6.55. The van der Waals surface area contributed by atoms with E-state index in [1.165, 1.54) is 4.90 Å². The molecule has 36 heavy (non-hydrogen) atoms. The lowest BCUT2D eigenvalue weighted by Gasteiger charge is -2.53. The van der Waals surface area contributed by atoms with Crippen LogP contribution < -0.4 is 10.5 Å². The Labute approximate surface area is 201 Å². The van der Waals surface area contributed by atoms with Crippen molar-refractivity contribution in [1.29, 1.82) is 0 Å². The van der Waals surface area contributed by atoms with Crippen molar-refractivity contribution in [2.45, 2.75) is 44.6 Å². The molecule has 4 heterocycles. The number of hydrogen-bond donors (Lipinski definition) is 1. The monoisotopic (exact) mass is 519 g/mol. The molecule has 8 nitrogen and oxygen atoms in total. The topological polar surface area (TPSA) is 91.4 Å². The van der Waals surface area contributed by atoms with Gasteiger partial charge in [-0.1, -0.05) is 0 Å². The highest BCUT2D eigenvalue weighted by atomic mass is 19.4. The number of nitrogens with zero attached hydrogens (tertiary/aromatic N) is 4. The van der Waals surface area contributed by atoms with Gasteiger partial charge in [0.1, 0.15) is 11.7 Å². The van der Waals surface area contributed by atoms with Crippen molar-refractivity contribution < 1.29 is 35.9 Å². The first-order valence-electron chi connectivity index (χ1n) is 11.1. The van der Waals surface area contributed by atoms with E-state index >= 15 is 0 Å². The highest BCUT2D eigenvalue weighted by Crippen LogP contribution is 2.41. The van der Waals surface area contributed by atoms with E-state index in [1.54, 1.807) is 11.8 Å². The van der Waals surface area contributed by atoms with Crippen LogP contribution in [0.3, 0.4) is 0 Å². The first-order chi connectivity index (χ1) is 16.8. The molecule has 0 bridgehead atoms. The van der Waals surface area contributed by atoms with Crippen molar-refractivity contribution in [1.82, 2.24) is 19.9 Å². The number of alkyl halides is 6. The number of nitrogens with one attached hydrogen (secondary N) is 1. The summed E-state index contributed by atoms with van der Waals surface area (Å²) in [6, 6.07) is 0.746. The van der Waals surface area contributed by atoms with Gasteiger partial charge >= 0.3 is 18.4 Å². The quantitative estimate of drug-likeness (QED) is 0.617. The zero-order valence-electron chi connectivity index (χ0n) is 19.1. The predicted octanol–water partition coefficient (Wildman–Crippen LogP) is 3.87. The van der Waals surface area contributed by atoms with Crippen LogP contribution in [0.5, 0.6) is 0 Å². The molecule has 0 radical (unpaired) electrons. The fourth-order valence-electron chi connectivity index (χ4n) is 4.50. The van der Waals surface area contributed by atoms with Crippen LogP contribution in [0.15, 0.2) is 29.5 Å². The van der Waals surface area contributed by atoms with Crippen molar-refractivity contribution in [3.8, 4) is 0 Å². The summed E-state index contributed by atoms with van der Waals surface area (Å²) in [4.78, 5) is 36.9. The van der Waals surface area contributed by atoms with Crippen molar-refractivity contribution in [2.24, 2.45) is 5.41 Å². The molecular formula is C22H23F6N5O3. The van der Waals surface area contributed by atoms with Crippen LogP contribution in [0.25, 0.3) is 0 Å². The molecule has 1 spiro atoms. The van der Waals surface area contributed by atoms with Crippen molar-refractivity contribution in [2.75, 3.05) is 31.1 Å². The lowest BCUT2D eigenvalue weighted by atomic mass is 9.72. The van der Waals surface area contributed by atoms with E-state index in [0.717, 1.165) is 24.7 Å². The Kier molecular flexibility index (Phi) is 6.64. The maximum atomic E-state index is 12.9. The highest BCUT2D eigenvalue weighted by Gasteiger charge is 2.48. The zero-order chi connectivity index (χ0) is 26.3. The fraction of sp³-hybridized carbons (Fsp3) is 0.545. The molecule has 2 aliphatic heterocycles. The van der Waals surface area contributed by atoms with E-state index in [2.05, 4.69) is 15.0 Å². The van der Waals surface area contributed by atoms with Crippen molar-refractivity contribution >= 4 is 12.0 Å². The van der Waals surface area contributed by atoms with E-state index < -0.39 is 41.2 Å². The molecule has 1 unspecified atom stereocenters.